The number of rotatable bonds is 7. The van der Waals surface area contributed by atoms with Gasteiger partial charge in [0.1, 0.15) is 18.2 Å². The third kappa shape index (κ3) is 4.32. The van der Waals surface area contributed by atoms with Gasteiger partial charge in [0, 0.05) is 26.0 Å². The molecule has 1 heterocycles. The SMILES string of the molecule is CN(CCOc1ccc(C(=O)O)cc1)Cc1nccn1C. The molecule has 6 heteroatoms. The first kappa shape index (κ1) is 15.1. The van der Waals surface area contributed by atoms with Crippen molar-refractivity contribution < 1.29 is 14.6 Å². The molecule has 2 aromatic rings. The van der Waals surface area contributed by atoms with E-state index >= 15 is 0 Å². The highest BCUT2D eigenvalue weighted by atomic mass is 16.5. The van der Waals surface area contributed by atoms with E-state index in [9.17, 15) is 4.79 Å². The minimum Gasteiger partial charge on any atom is -0.492 e. The zero-order valence-electron chi connectivity index (χ0n) is 12.2. The number of carbonyl (C=O) groups is 1. The van der Waals surface area contributed by atoms with Crippen molar-refractivity contribution in [3.05, 3.63) is 48.0 Å². The zero-order chi connectivity index (χ0) is 15.2. The van der Waals surface area contributed by atoms with Gasteiger partial charge in [-0.1, -0.05) is 0 Å². The molecule has 21 heavy (non-hydrogen) atoms. The molecule has 0 amide bonds. The van der Waals surface area contributed by atoms with Gasteiger partial charge in [-0.25, -0.2) is 9.78 Å². The summed E-state index contributed by atoms with van der Waals surface area (Å²) in [5.41, 5.74) is 0.259. The molecule has 0 radical (unpaired) electrons. The molecule has 0 aliphatic carbocycles. The molecule has 112 valence electrons. The van der Waals surface area contributed by atoms with E-state index < -0.39 is 5.97 Å². The summed E-state index contributed by atoms with van der Waals surface area (Å²) in [4.78, 5) is 17.1. The molecular weight excluding hydrogens is 270 g/mol. The molecule has 0 spiro atoms. The summed E-state index contributed by atoms with van der Waals surface area (Å²) in [5, 5.41) is 8.81. The Kier molecular flexibility index (Phi) is 4.94. The monoisotopic (exact) mass is 289 g/mol. The normalized spacial score (nSPS) is 10.8. The highest BCUT2D eigenvalue weighted by Crippen LogP contribution is 2.12. The van der Waals surface area contributed by atoms with Crippen molar-refractivity contribution in [3.8, 4) is 5.75 Å². The molecule has 0 aliphatic heterocycles. The van der Waals surface area contributed by atoms with Gasteiger partial charge in [0.25, 0.3) is 0 Å². The number of benzene rings is 1. The van der Waals surface area contributed by atoms with E-state index in [1.807, 2.05) is 24.9 Å². The van der Waals surface area contributed by atoms with Gasteiger partial charge < -0.3 is 14.4 Å². The lowest BCUT2D eigenvalue weighted by atomic mass is 10.2. The van der Waals surface area contributed by atoms with Gasteiger partial charge in [0.15, 0.2) is 0 Å². The van der Waals surface area contributed by atoms with Crippen molar-refractivity contribution in [1.29, 1.82) is 0 Å². The number of hydrogen-bond acceptors (Lipinski definition) is 4. The average Bonchev–Trinajstić information content (AvgIpc) is 2.85. The maximum Gasteiger partial charge on any atom is 0.335 e. The van der Waals surface area contributed by atoms with Crippen LogP contribution in [0.15, 0.2) is 36.7 Å². The van der Waals surface area contributed by atoms with E-state index in [2.05, 4.69) is 9.88 Å². The Morgan fingerprint density at radius 2 is 2.10 bits per heavy atom. The van der Waals surface area contributed by atoms with Crippen LogP contribution >= 0.6 is 0 Å². The summed E-state index contributed by atoms with van der Waals surface area (Å²) >= 11 is 0. The topological polar surface area (TPSA) is 67.6 Å². The first-order valence-electron chi connectivity index (χ1n) is 6.67. The molecule has 0 unspecified atom stereocenters. The molecule has 0 saturated heterocycles. The predicted octanol–water partition coefficient (Wildman–Crippen LogP) is 1.63. The fourth-order valence-corrected chi connectivity index (χ4v) is 1.88. The molecule has 6 nitrogen and oxygen atoms in total. The Bertz CT molecular complexity index is 592. The van der Waals surface area contributed by atoms with Gasteiger partial charge in [0.2, 0.25) is 0 Å². The maximum atomic E-state index is 10.7. The Hall–Kier alpha value is -2.34. The third-order valence-corrected chi connectivity index (χ3v) is 3.18. The van der Waals surface area contributed by atoms with Crippen molar-refractivity contribution >= 4 is 5.97 Å². The highest BCUT2D eigenvalue weighted by molar-refractivity contribution is 5.87. The molecule has 2 rings (SSSR count). The fraction of sp³-hybridized carbons (Fsp3) is 0.333. The van der Waals surface area contributed by atoms with E-state index in [0.717, 1.165) is 18.9 Å². The van der Waals surface area contributed by atoms with Crippen LogP contribution in [0.3, 0.4) is 0 Å². The Balaban J connectivity index is 1.76. The molecule has 0 aliphatic rings. The average molecular weight is 289 g/mol. The second kappa shape index (κ2) is 6.90. The summed E-state index contributed by atoms with van der Waals surface area (Å²) in [6.45, 7) is 2.05. The van der Waals surface area contributed by atoms with Crippen LogP contribution in [0, 0.1) is 0 Å². The lowest BCUT2D eigenvalue weighted by Gasteiger charge is -2.16. The number of aromatic carboxylic acids is 1. The number of carboxylic acid groups (broad SMARTS) is 1. The third-order valence-electron chi connectivity index (χ3n) is 3.18. The predicted molar refractivity (Wildman–Crippen MR) is 78.4 cm³/mol. The van der Waals surface area contributed by atoms with Crippen molar-refractivity contribution in [2.24, 2.45) is 7.05 Å². The highest BCUT2D eigenvalue weighted by Gasteiger charge is 2.05. The number of ether oxygens (including phenoxy) is 1. The molecule has 1 N–H and O–H groups in total. The largest absolute Gasteiger partial charge is 0.492 e. The van der Waals surface area contributed by atoms with Crippen LogP contribution in [0.4, 0.5) is 0 Å². The van der Waals surface area contributed by atoms with E-state index in [-0.39, 0.29) is 5.56 Å². The van der Waals surface area contributed by atoms with Crippen LogP contribution in [-0.2, 0) is 13.6 Å². The van der Waals surface area contributed by atoms with Crippen molar-refractivity contribution in [1.82, 2.24) is 14.5 Å². The quantitative estimate of drug-likeness (QED) is 0.839. The smallest absolute Gasteiger partial charge is 0.335 e. The number of nitrogens with zero attached hydrogens (tertiary/aromatic N) is 3. The van der Waals surface area contributed by atoms with Crippen LogP contribution in [0.1, 0.15) is 16.2 Å². The fourth-order valence-electron chi connectivity index (χ4n) is 1.88. The van der Waals surface area contributed by atoms with Crippen LogP contribution in [-0.4, -0.2) is 45.7 Å². The summed E-state index contributed by atoms with van der Waals surface area (Å²) < 4.78 is 7.59. The number of aryl methyl sites for hydroxylation is 1. The van der Waals surface area contributed by atoms with Crippen molar-refractivity contribution in [2.45, 2.75) is 6.54 Å². The van der Waals surface area contributed by atoms with Crippen LogP contribution in [0.2, 0.25) is 0 Å². The van der Waals surface area contributed by atoms with Gasteiger partial charge in [-0.05, 0) is 31.3 Å². The Labute approximate surface area is 123 Å². The molecule has 1 aromatic heterocycles. The minimum absolute atomic E-state index is 0.259. The minimum atomic E-state index is -0.934. The van der Waals surface area contributed by atoms with Gasteiger partial charge in [-0.3, -0.25) is 4.90 Å². The standard InChI is InChI=1S/C15H19N3O3/c1-17(11-14-16-7-8-18(14)2)9-10-21-13-5-3-12(4-6-13)15(19)20/h3-8H,9-11H2,1-2H3,(H,19,20). The van der Waals surface area contributed by atoms with Gasteiger partial charge >= 0.3 is 5.97 Å². The molecule has 0 fully saturated rings. The number of carboxylic acids is 1. The van der Waals surface area contributed by atoms with Gasteiger partial charge in [0.05, 0.1) is 12.1 Å². The van der Waals surface area contributed by atoms with E-state index in [1.54, 1.807) is 18.3 Å². The van der Waals surface area contributed by atoms with Gasteiger partial charge in [-0.15, -0.1) is 0 Å². The molecule has 1 aromatic carbocycles. The maximum absolute atomic E-state index is 10.7. The van der Waals surface area contributed by atoms with Crippen molar-refractivity contribution in [2.75, 3.05) is 20.2 Å². The first-order chi connectivity index (χ1) is 10.1. The zero-order valence-corrected chi connectivity index (χ0v) is 12.2. The van der Waals surface area contributed by atoms with E-state index in [0.29, 0.717) is 12.4 Å². The lowest BCUT2D eigenvalue weighted by Crippen LogP contribution is -2.25. The summed E-state index contributed by atoms with van der Waals surface area (Å²) in [7, 11) is 3.97. The van der Waals surface area contributed by atoms with Gasteiger partial charge in [-0.2, -0.15) is 0 Å². The number of aromatic nitrogens is 2. The lowest BCUT2D eigenvalue weighted by molar-refractivity contribution is 0.0697. The van der Waals surface area contributed by atoms with Crippen LogP contribution < -0.4 is 4.74 Å². The molecular formula is C15H19N3O3. The molecule has 0 saturated carbocycles. The Morgan fingerprint density at radius 3 is 2.67 bits per heavy atom. The molecule has 0 bridgehead atoms. The summed E-state index contributed by atoms with van der Waals surface area (Å²) in [5.74, 6) is 0.741. The van der Waals surface area contributed by atoms with E-state index in [1.165, 1.54) is 12.1 Å². The number of imidazole rings is 1. The second-order valence-corrected chi connectivity index (χ2v) is 4.87. The molecule has 0 atom stereocenters. The first-order valence-corrected chi connectivity index (χ1v) is 6.67. The number of likely N-dealkylation sites (N-methyl/N-ethyl adjacent to an activating group) is 1. The summed E-state index contributed by atoms with van der Waals surface area (Å²) in [6, 6.07) is 6.41. The Morgan fingerprint density at radius 1 is 1.38 bits per heavy atom. The second-order valence-electron chi connectivity index (χ2n) is 4.87. The number of hydrogen-bond donors (Lipinski definition) is 1. The summed E-state index contributed by atoms with van der Waals surface area (Å²) in [6.07, 6.45) is 3.70. The van der Waals surface area contributed by atoms with Crippen LogP contribution in [0.5, 0.6) is 5.75 Å². The van der Waals surface area contributed by atoms with E-state index in [4.69, 9.17) is 9.84 Å². The van der Waals surface area contributed by atoms with Crippen molar-refractivity contribution in [3.63, 3.8) is 0 Å². The van der Waals surface area contributed by atoms with Crippen LogP contribution in [0.25, 0.3) is 0 Å².